The fraction of sp³-hybridized carbons (Fsp3) is 0.786. The molecule has 1 rings (SSSR count). The van der Waals surface area contributed by atoms with E-state index in [2.05, 4.69) is 35.7 Å². The molecule has 1 aromatic heterocycles. The normalized spacial score (nSPS) is 13.2. The van der Waals surface area contributed by atoms with E-state index in [1.54, 1.807) is 0 Å². The Balaban J connectivity index is 2.69. The Bertz CT molecular complexity index is 315. The highest BCUT2D eigenvalue weighted by Gasteiger charge is 2.21. The predicted molar refractivity (Wildman–Crippen MR) is 76.0 cm³/mol. The zero-order valence-electron chi connectivity index (χ0n) is 12.0. The van der Waals surface area contributed by atoms with Gasteiger partial charge in [-0.3, -0.25) is 11.3 Å². The van der Waals surface area contributed by atoms with Gasteiger partial charge in [-0.1, -0.05) is 26.7 Å². The maximum atomic E-state index is 5.76. The topological polar surface area (TPSA) is 55.9 Å². The van der Waals surface area contributed by atoms with E-state index in [-0.39, 0.29) is 0 Å². The van der Waals surface area contributed by atoms with Gasteiger partial charge in [-0.25, -0.2) is 4.98 Å². The number of nitrogens with two attached hydrogens (primary N) is 1. The van der Waals surface area contributed by atoms with E-state index in [1.165, 1.54) is 25.7 Å². The van der Waals surface area contributed by atoms with Gasteiger partial charge in [-0.2, -0.15) is 0 Å². The SMILES string of the molecule is CCCC(CCC)C(Cc1nccn1CC)NN. The van der Waals surface area contributed by atoms with Gasteiger partial charge in [-0.15, -0.1) is 0 Å². The summed E-state index contributed by atoms with van der Waals surface area (Å²) >= 11 is 0. The number of aryl methyl sites for hydroxylation is 1. The van der Waals surface area contributed by atoms with Gasteiger partial charge in [0.2, 0.25) is 0 Å². The molecule has 0 aliphatic rings. The molecule has 0 aliphatic heterocycles. The highest BCUT2D eigenvalue weighted by atomic mass is 15.2. The van der Waals surface area contributed by atoms with Crippen LogP contribution in [0.5, 0.6) is 0 Å². The Hall–Kier alpha value is -0.870. The third-order valence-corrected chi connectivity index (χ3v) is 3.65. The smallest absolute Gasteiger partial charge is 0.110 e. The molecular weight excluding hydrogens is 224 g/mol. The molecule has 0 aliphatic carbocycles. The van der Waals surface area contributed by atoms with Gasteiger partial charge in [0.05, 0.1) is 0 Å². The molecule has 0 amide bonds. The van der Waals surface area contributed by atoms with Crippen molar-refractivity contribution in [2.75, 3.05) is 0 Å². The molecule has 1 atom stereocenters. The Morgan fingerprint density at radius 2 is 1.94 bits per heavy atom. The van der Waals surface area contributed by atoms with E-state index < -0.39 is 0 Å². The standard InChI is InChI=1S/C14H28N4/c1-4-7-12(8-5-2)13(17-15)11-14-16-9-10-18(14)6-3/h9-10,12-13,17H,4-8,11,15H2,1-3H3. The number of hydrazine groups is 1. The highest BCUT2D eigenvalue weighted by Crippen LogP contribution is 2.20. The molecule has 104 valence electrons. The third kappa shape index (κ3) is 4.10. The molecule has 4 nitrogen and oxygen atoms in total. The molecule has 0 saturated carbocycles. The second-order valence-electron chi connectivity index (χ2n) is 4.94. The van der Waals surface area contributed by atoms with Crippen molar-refractivity contribution in [3.8, 4) is 0 Å². The number of nitrogens with zero attached hydrogens (tertiary/aromatic N) is 2. The van der Waals surface area contributed by atoms with Crippen LogP contribution < -0.4 is 11.3 Å². The van der Waals surface area contributed by atoms with Crippen LogP contribution in [0, 0.1) is 5.92 Å². The van der Waals surface area contributed by atoms with E-state index in [0.29, 0.717) is 12.0 Å². The average molecular weight is 252 g/mol. The summed E-state index contributed by atoms with van der Waals surface area (Å²) < 4.78 is 2.19. The van der Waals surface area contributed by atoms with Crippen molar-refractivity contribution < 1.29 is 0 Å². The summed E-state index contributed by atoms with van der Waals surface area (Å²) in [6, 6.07) is 0.331. The molecule has 18 heavy (non-hydrogen) atoms. The minimum atomic E-state index is 0.331. The number of nitrogens with one attached hydrogen (secondary N) is 1. The van der Waals surface area contributed by atoms with Crippen molar-refractivity contribution in [1.29, 1.82) is 0 Å². The molecule has 1 heterocycles. The average Bonchev–Trinajstić information content (AvgIpc) is 2.83. The van der Waals surface area contributed by atoms with Gasteiger partial charge in [-0.05, 0) is 25.7 Å². The lowest BCUT2D eigenvalue weighted by atomic mass is 9.88. The molecule has 0 bridgehead atoms. The van der Waals surface area contributed by atoms with Crippen molar-refractivity contribution in [3.05, 3.63) is 18.2 Å². The molecule has 0 spiro atoms. The summed E-state index contributed by atoms with van der Waals surface area (Å²) in [6.07, 6.45) is 9.72. The lowest BCUT2D eigenvalue weighted by Gasteiger charge is -2.26. The second kappa shape index (κ2) is 8.27. The molecular formula is C14H28N4. The number of hydrogen-bond donors (Lipinski definition) is 2. The Morgan fingerprint density at radius 1 is 1.28 bits per heavy atom. The Kier molecular flexibility index (Phi) is 6.98. The van der Waals surface area contributed by atoms with Crippen molar-refractivity contribution in [2.24, 2.45) is 11.8 Å². The molecule has 1 unspecified atom stereocenters. The first-order chi connectivity index (χ1) is 8.76. The fourth-order valence-corrected chi connectivity index (χ4v) is 2.66. The van der Waals surface area contributed by atoms with Crippen LogP contribution in [0.4, 0.5) is 0 Å². The van der Waals surface area contributed by atoms with Crippen LogP contribution in [-0.4, -0.2) is 15.6 Å². The zero-order valence-corrected chi connectivity index (χ0v) is 12.0. The van der Waals surface area contributed by atoms with Crippen LogP contribution >= 0.6 is 0 Å². The van der Waals surface area contributed by atoms with Crippen molar-refractivity contribution in [3.63, 3.8) is 0 Å². The first-order valence-electron chi connectivity index (χ1n) is 7.22. The predicted octanol–water partition coefficient (Wildman–Crippen LogP) is 2.49. The summed E-state index contributed by atoms with van der Waals surface area (Å²) in [5.41, 5.74) is 3.01. The van der Waals surface area contributed by atoms with E-state index >= 15 is 0 Å². The molecule has 0 aromatic carbocycles. The number of rotatable bonds is 9. The van der Waals surface area contributed by atoms with Crippen LogP contribution in [0.3, 0.4) is 0 Å². The van der Waals surface area contributed by atoms with Crippen molar-refractivity contribution in [1.82, 2.24) is 15.0 Å². The van der Waals surface area contributed by atoms with Crippen LogP contribution in [-0.2, 0) is 13.0 Å². The quantitative estimate of drug-likeness (QED) is 0.524. The highest BCUT2D eigenvalue weighted by molar-refractivity contribution is 4.96. The lowest BCUT2D eigenvalue weighted by molar-refractivity contribution is 0.306. The third-order valence-electron chi connectivity index (χ3n) is 3.65. The van der Waals surface area contributed by atoms with Crippen molar-refractivity contribution in [2.45, 2.75) is 65.5 Å². The lowest BCUT2D eigenvalue weighted by Crippen LogP contribution is -2.43. The van der Waals surface area contributed by atoms with Crippen LogP contribution in [0.2, 0.25) is 0 Å². The summed E-state index contributed by atoms with van der Waals surface area (Å²) in [6.45, 7) is 7.59. The van der Waals surface area contributed by atoms with Gasteiger partial charge >= 0.3 is 0 Å². The maximum absolute atomic E-state index is 5.76. The summed E-state index contributed by atoms with van der Waals surface area (Å²) in [7, 11) is 0. The first-order valence-corrected chi connectivity index (χ1v) is 7.22. The minimum Gasteiger partial charge on any atom is -0.335 e. The minimum absolute atomic E-state index is 0.331. The zero-order chi connectivity index (χ0) is 13.4. The molecule has 4 heteroatoms. The van der Waals surface area contributed by atoms with Crippen LogP contribution in [0.1, 0.15) is 52.3 Å². The first kappa shape index (κ1) is 15.2. The van der Waals surface area contributed by atoms with Gasteiger partial charge in [0, 0.05) is 31.4 Å². The monoisotopic (exact) mass is 252 g/mol. The molecule has 0 saturated heterocycles. The van der Waals surface area contributed by atoms with Gasteiger partial charge in [0.1, 0.15) is 5.82 Å². The summed E-state index contributed by atoms with van der Waals surface area (Å²) in [5.74, 6) is 7.54. The van der Waals surface area contributed by atoms with E-state index in [0.717, 1.165) is 18.8 Å². The fourth-order valence-electron chi connectivity index (χ4n) is 2.66. The van der Waals surface area contributed by atoms with E-state index in [4.69, 9.17) is 5.84 Å². The van der Waals surface area contributed by atoms with Crippen LogP contribution in [0.25, 0.3) is 0 Å². The van der Waals surface area contributed by atoms with E-state index in [1.807, 2.05) is 12.4 Å². The Morgan fingerprint density at radius 3 is 2.44 bits per heavy atom. The number of imidazole rings is 1. The van der Waals surface area contributed by atoms with Crippen LogP contribution in [0.15, 0.2) is 12.4 Å². The van der Waals surface area contributed by atoms with Gasteiger partial charge < -0.3 is 4.57 Å². The molecule has 1 aromatic rings. The van der Waals surface area contributed by atoms with Crippen molar-refractivity contribution >= 4 is 0 Å². The second-order valence-corrected chi connectivity index (χ2v) is 4.94. The molecule has 0 fully saturated rings. The summed E-state index contributed by atoms with van der Waals surface area (Å²) in [5, 5.41) is 0. The van der Waals surface area contributed by atoms with Gasteiger partial charge in [0.15, 0.2) is 0 Å². The Labute approximate surface area is 111 Å². The largest absolute Gasteiger partial charge is 0.335 e. The maximum Gasteiger partial charge on any atom is 0.110 e. The molecule has 0 radical (unpaired) electrons. The molecule has 3 N–H and O–H groups in total. The number of aromatic nitrogens is 2. The van der Waals surface area contributed by atoms with Gasteiger partial charge in [0.25, 0.3) is 0 Å². The number of hydrogen-bond acceptors (Lipinski definition) is 3. The summed E-state index contributed by atoms with van der Waals surface area (Å²) in [4.78, 5) is 4.44. The van der Waals surface area contributed by atoms with E-state index in [9.17, 15) is 0 Å².